The van der Waals surface area contributed by atoms with Crippen molar-refractivity contribution in [3.05, 3.63) is 0 Å². The van der Waals surface area contributed by atoms with E-state index >= 15 is 0 Å². The maximum absolute atomic E-state index is 14.0. The Morgan fingerprint density at radius 3 is 2.22 bits per heavy atom. The summed E-state index contributed by atoms with van der Waals surface area (Å²) in [4.78, 5) is 45.3. The fourth-order valence-electron chi connectivity index (χ4n) is 8.15. The molecule has 0 radical (unpaired) electrons. The van der Waals surface area contributed by atoms with Crippen molar-refractivity contribution in [2.24, 2.45) is 17.8 Å². The zero-order valence-electron chi connectivity index (χ0n) is 33.0. The fraction of sp³-hybridized carbons (Fsp3) is 0.919. The lowest BCUT2D eigenvalue weighted by molar-refractivity contribution is -0.302. The molecular weight excluding hydrogens is 662 g/mol. The molecule has 2 aliphatic heterocycles. The minimum absolute atomic E-state index is 0.0883. The molecule has 14 atom stereocenters. The van der Waals surface area contributed by atoms with E-state index in [4.69, 9.17) is 23.7 Å². The molecule has 0 aromatic heterocycles. The zero-order valence-corrected chi connectivity index (χ0v) is 33.0. The molecule has 3 aliphatic rings. The van der Waals surface area contributed by atoms with Crippen LogP contribution in [0, 0.1) is 17.8 Å². The van der Waals surface area contributed by atoms with E-state index in [1.54, 1.807) is 27.7 Å². The summed E-state index contributed by atoms with van der Waals surface area (Å²) in [6.45, 7) is 17.9. The SMILES string of the molecule is CC[C@H]1OC(=O)[C@@H]2CC2(OC(=O)CCN(CC)CC)[C@H](C)[C@@H](O[C@@H]2O[C@H](C)C[C@H](N(C)C)[C@@H]2O)[C@](C)(OC)C[C@@H](C)C(=O)N[C@H](C)[C@@H](O)[C@]1(C)O. The van der Waals surface area contributed by atoms with Crippen LogP contribution in [-0.2, 0) is 38.1 Å². The highest BCUT2D eigenvalue weighted by Gasteiger charge is 2.69. The smallest absolute Gasteiger partial charge is 0.313 e. The number of ether oxygens (including phenoxy) is 5. The lowest BCUT2D eigenvalue weighted by Crippen LogP contribution is -2.60. The minimum atomic E-state index is -1.93. The number of nitrogens with zero attached hydrogens (tertiary/aromatic N) is 2. The third-order valence-electron chi connectivity index (χ3n) is 11.8. The minimum Gasteiger partial charge on any atom is -0.459 e. The molecule has 296 valence electrons. The Bertz CT molecular complexity index is 1180. The Hall–Kier alpha value is -1.91. The highest BCUT2D eigenvalue weighted by Crippen LogP contribution is 2.57. The lowest BCUT2D eigenvalue weighted by Gasteiger charge is -2.48. The van der Waals surface area contributed by atoms with Gasteiger partial charge in [0.1, 0.15) is 35.4 Å². The summed E-state index contributed by atoms with van der Waals surface area (Å²) < 4.78 is 31.4. The number of hydrogen-bond donors (Lipinski definition) is 4. The summed E-state index contributed by atoms with van der Waals surface area (Å²) in [5, 5.41) is 37.1. The monoisotopic (exact) mass is 729 g/mol. The van der Waals surface area contributed by atoms with Crippen molar-refractivity contribution in [1.29, 1.82) is 0 Å². The van der Waals surface area contributed by atoms with Crippen LogP contribution in [0.25, 0.3) is 0 Å². The first-order valence-electron chi connectivity index (χ1n) is 18.8. The van der Waals surface area contributed by atoms with Crippen molar-refractivity contribution in [2.45, 2.75) is 160 Å². The number of fused-ring (bicyclic) bond motifs is 1. The topological polar surface area (TPSA) is 177 Å². The third-order valence-corrected chi connectivity index (χ3v) is 11.8. The molecular formula is C37H67N3O11. The van der Waals surface area contributed by atoms with Gasteiger partial charge in [-0.25, -0.2) is 0 Å². The van der Waals surface area contributed by atoms with Gasteiger partial charge in [-0.05, 0) is 74.1 Å². The van der Waals surface area contributed by atoms with E-state index in [2.05, 4.69) is 10.2 Å². The summed E-state index contributed by atoms with van der Waals surface area (Å²) in [6.07, 6.45) is -4.97. The number of esters is 2. The number of aliphatic hydroxyl groups excluding tert-OH is 2. The average Bonchev–Trinajstić information content (AvgIpc) is 3.81. The first-order chi connectivity index (χ1) is 23.7. The molecule has 4 N–H and O–H groups in total. The Balaban J connectivity index is 2.17. The standard InChI is InChI=1S/C37H67N3O11/c1-13-27-36(9,46)30(43)24(7)38-32(44)21(4)19-35(8,47-12)31(50-34-29(42)26(39(10)11)18-22(5)48-34)23(6)37(20-25(37)33(45)49-27)51-28(41)16-17-40(14-2)15-3/h21-27,29-31,34,42-43,46H,13-20H2,1-12H3,(H,38,44)/t21-,22-,23-,24-,25+,26+,27-,29+,30-,31-,34+,35-,36-,37?/m1/s1. The molecule has 1 saturated carbocycles. The van der Waals surface area contributed by atoms with Gasteiger partial charge in [0, 0.05) is 38.0 Å². The van der Waals surface area contributed by atoms with Crippen LogP contribution >= 0.6 is 0 Å². The fourth-order valence-corrected chi connectivity index (χ4v) is 8.15. The normalized spacial score (nSPS) is 42.7. The van der Waals surface area contributed by atoms with Crippen LogP contribution in [-0.4, -0.2) is 150 Å². The first kappa shape index (κ1) is 43.5. The van der Waals surface area contributed by atoms with Crippen LogP contribution in [0.3, 0.4) is 0 Å². The molecule has 14 nitrogen and oxygen atoms in total. The summed E-state index contributed by atoms with van der Waals surface area (Å²) in [5.74, 6) is -3.94. The highest BCUT2D eigenvalue weighted by atomic mass is 16.7. The third kappa shape index (κ3) is 9.61. The molecule has 0 aromatic carbocycles. The molecule has 3 rings (SSSR count). The number of methoxy groups -OCH3 is 1. The van der Waals surface area contributed by atoms with E-state index in [9.17, 15) is 29.7 Å². The average molecular weight is 730 g/mol. The van der Waals surface area contributed by atoms with Crippen molar-refractivity contribution in [2.75, 3.05) is 40.8 Å². The maximum atomic E-state index is 14.0. The van der Waals surface area contributed by atoms with Crippen molar-refractivity contribution in [1.82, 2.24) is 15.1 Å². The van der Waals surface area contributed by atoms with E-state index in [-0.39, 0.29) is 37.8 Å². The van der Waals surface area contributed by atoms with Crippen molar-refractivity contribution >= 4 is 17.8 Å². The molecule has 2 saturated heterocycles. The Kier molecular flexibility index (Phi) is 14.9. The largest absolute Gasteiger partial charge is 0.459 e. The Morgan fingerprint density at radius 1 is 1.04 bits per heavy atom. The van der Waals surface area contributed by atoms with Crippen molar-refractivity contribution < 1.29 is 53.4 Å². The molecule has 3 fully saturated rings. The number of carbonyl (C=O) groups excluding carboxylic acids is 3. The number of aliphatic hydroxyl groups is 3. The molecule has 0 aromatic rings. The predicted octanol–water partition coefficient (Wildman–Crippen LogP) is 1.85. The number of amides is 1. The first-order valence-corrected chi connectivity index (χ1v) is 18.8. The maximum Gasteiger partial charge on any atom is 0.313 e. The van der Waals surface area contributed by atoms with Gasteiger partial charge in [0.15, 0.2) is 6.29 Å². The molecule has 1 amide bonds. The van der Waals surface area contributed by atoms with Gasteiger partial charge in [-0.1, -0.05) is 34.6 Å². The van der Waals surface area contributed by atoms with Crippen LogP contribution in [0.15, 0.2) is 0 Å². The van der Waals surface area contributed by atoms with E-state index in [1.165, 1.54) is 14.0 Å². The molecule has 14 heteroatoms. The van der Waals surface area contributed by atoms with Gasteiger partial charge < -0.3 is 54.1 Å². The molecule has 51 heavy (non-hydrogen) atoms. The number of rotatable bonds is 11. The second kappa shape index (κ2) is 17.5. The molecule has 0 spiro atoms. The van der Waals surface area contributed by atoms with Gasteiger partial charge in [0.2, 0.25) is 5.91 Å². The molecule has 0 bridgehead atoms. The van der Waals surface area contributed by atoms with Gasteiger partial charge in [0.05, 0.1) is 30.3 Å². The summed E-state index contributed by atoms with van der Waals surface area (Å²) in [6, 6.07) is -1.19. The van der Waals surface area contributed by atoms with Crippen LogP contribution in [0.1, 0.15) is 94.4 Å². The van der Waals surface area contributed by atoms with Crippen molar-refractivity contribution in [3.8, 4) is 0 Å². The predicted molar refractivity (Wildman–Crippen MR) is 189 cm³/mol. The van der Waals surface area contributed by atoms with E-state index in [0.717, 1.165) is 13.1 Å². The molecule has 2 heterocycles. The summed E-state index contributed by atoms with van der Waals surface area (Å²) in [5.41, 5.74) is -4.58. The second-order valence-electron chi connectivity index (χ2n) is 15.8. The van der Waals surface area contributed by atoms with E-state index < -0.39 is 89.2 Å². The highest BCUT2D eigenvalue weighted by molar-refractivity contribution is 5.80. The van der Waals surface area contributed by atoms with Gasteiger partial charge in [-0.2, -0.15) is 0 Å². The summed E-state index contributed by atoms with van der Waals surface area (Å²) in [7, 11) is 5.25. The number of cyclic esters (lactones) is 1. The van der Waals surface area contributed by atoms with Gasteiger partial charge >= 0.3 is 11.9 Å². The van der Waals surface area contributed by atoms with Crippen LogP contribution < -0.4 is 5.32 Å². The van der Waals surface area contributed by atoms with E-state index in [1.807, 2.05) is 46.7 Å². The van der Waals surface area contributed by atoms with Gasteiger partial charge in [-0.3, -0.25) is 14.4 Å². The number of nitrogens with one attached hydrogen (secondary N) is 1. The second-order valence-corrected chi connectivity index (χ2v) is 15.8. The Morgan fingerprint density at radius 2 is 1.67 bits per heavy atom. The van der Waals surface area contributed by atoms with Crippen LogP contribution in [0.2, 0.25) is 0 Å². The number of hydrogen-bond acceptors (Lipinski definition) is 13. The van der Waals surface area contributed by atoms with Crippen LogP contribution in [0.4, 0.5) is 0 Å². The summed E-state index contributed by atoms with van der Waals surface area (Å²) >= 11 is 0. The van der Waals surface area contributed by atoms with Gasteiger partial charge in [-0.15, -0.1) is 0 Å². The molecule has 1 aliphatic carbocycles. The van der Waals surface area contributed by atoms with E-state index in [0.29, 0.717) is 13.0 Å². The Labute approximate surface area is 304 Å². The number of likely N-dealkylation sites (N-methyl/N-ethyl adjacent to an activating group) is 1. The zero-order chi connectivity index (χ0) is 38.6. The van der Waals surface area contributed by atoms with Crippen molar-refractivity contribution in [3.63, 3.8) is 0 Å². The number of carbonyl (C=O) groups is 3. The van der Waals surface area contributed by atoms with Gasteiger partial charge in [0.25, 0.3) is 0 Å². The lowest BCUT2D eigenvalue weighted by atomic mass is 9.78. The van der Waals surface area contributed by atoms with Crippen LogP contribution in [0.5, 0.6) is 0 Å². The molecule has 1 unspecified atom stereocenters. The quantitative estimate of drug-likeness (QED) is 0.227.